The Kier molecular flexibility index (Phi) is 11.1. The minimum Gasteiger partial charge on any atom is -0.461 e. The molecule has 0 aliphatic carbocycles. The maximum atomic E-state index is 12.8. The van der Waals surface area contributed by atoms with Gasteiger partial charge in [-0.15, -0.1) is 0 Å². The second-order valence-electron chi connectivity index (χ2n) is 9.85. The summed E-state index contributed by atoms with van der Waals surface area (Å²) in [7, 11) is 0. The monoisotopic (exact) mass is 462 g/mol. The third-order valence-electron chi connectivity index (χ3n) is 4.59. The zero-order valence-corrected chi connectivity index (χ0v) is 20.5. The van der Waals surface area contributed by atoms with Crippen LogP contribution in [-0.2, 0) is 25.7 Å². The van der Waals surface area contributed by atoms with Gasteiger partial charge in [-0.2, -0.15) is 0 Å². The van der Waals surface area contributed by atoms with E-state index in [1.54, 1.807) is 26.8 Å². The summed E-state index contributed by atoms with van der Waals surface area (Å²) < 4.78 is 10.5. The van der Waals surface area contributed by atoms with Crippen molar-refractivity contribution in [1.29, 1.82) is 0 Å². The molecule has 0 aliphatic heterocycles. The number of esters is 1. The lowest BCUT2D eigenvalue weighted by Crippen LogP contribution is -2.53. The van der Waals surface area contributed by atoms with Gasteiger partial charge in [-0.1, -0.05) is 63.3 Å². The maximum absolute atomic E-state index is 12.8. The van der Waals surface area contributed by atoms with Crippen molar-refractivity contribution in [2.45, 2.75) is 78.7 Å². The Morgan fingerprint density at radius 2 is 1.67 bits per heavy atom. The summed E-state index contributed by atoms with van der Waals surface area (Å²) in [4.78, 5) is 37.0. The van der Waals surface area contributed by atoms with Gasteiger partial charge in [0.2, 0.25) is 5.91 Å². The third kappa shape index (κ3) is 12.1. The molecular formula is C25H38N2O6. The van der Waals surface area contributed by atoms with Crippen LogP contribution in [0.2, 0.25) is 0 Å². The van der Waals surface area contributed by atoms with E-state index in [1.807, 2.05) is 51.1 Å². The van der Waals surface area contributed by atoms with E-state index in [1.165, 1.54) is 6.08 Å². The summed E-state index contributed by atoms with van der Waals surface area (Å²) in [5.41, 5.74) is -0.208. The largest absolute Gasteiger partial charge is 0.461 e. The van der Waals surface area contributed by atoms with E-state index in [4.69, 9.17) is 9.47 Å². The molecule has 0 unspecified atom stereocenters. The number of carbonyl (C=O) groups excluding carboxylic acids is 3. The van der Waals surface area contributed by atoms with Crippen LogP contribution in [0.4, 0.5) is 4.79 Å². The lowest BCUT2D eigenvalue weighted by Gasteiger charge is -2.31. The lowest BCUT2D eigenvalue weighted by atomic mass is 9.87. The summed E-state index contributed by atoms with van der Waals surface area (Å²) in [6.45, 7) is 10.8. The molecule has 184 valence electrons. The number of aliphatic hydroxyl groups is 1. The minimum atomic E-state index is -1.03. The highest BCUT2D eigenvalue weighted by Crippen LogP contribution is 2.19. The Hall–Kier alpha value is -2.87. The first kappa shape index (κ1) is 28.2. The molecule has 3 N–H and O–H groups in total. The fraction of sp³-hybridized carbons (Fsp3) is 0.560. The lowest BCUT2D eigenvalue weighted by molar-refractivity contribution is -0.144. The molecule has 2 atom stereocenters. The van der Waals surface area contributed by atoms with Crippen LogP contribution in [0, 0.1) is 5.41 Å². The SMILES string of the molecule is CC(C)(C)OC(=O)N[C@@H](C=CCCC(=O)OCc1ccccc1)C(=O)N[C@H](CO)C(C)(C)C. The number of rotatable bonds is 10. The van der Waals surface area contributed by atoms with E-state index < -0.39 is 29.7 Å². The molecule has 0 saturated carbocycles. The average Bonchev–Trinajstić information content (AvgIpc) is 2.71. The Balaban J connectivity index is 2.71. The second-order valence-corrected chi connectivity index (χ2v) is 9.85. The van der Waals surface area contributed by atoms with Crippen LogP contribution in [0.3, 0.4) is 0 Å². The van der Waals surface area contributed by atoms with Crippen LogP contribution in [0.25, 0.3) is 0 Å². The van der Waals surface area contributed by atoms with Gasteiger partial charge in [-0.05, 0) is 38.2 Å². The van der Waals surface area contributed by atoms with Crippen molar-refractivity contribution in [2.24, 2.45) is 5.41 Å². The van der Waals surface area contributed by atoms with Crippen molar-refractivity contribution in [3.05, 3.63) is 48.0 Å². The van der Waals surface area contributed by atoms with Gasteiger partial charge < -0.3 is 25.2 Å². The van der Waals surface area contributed by atoms with Crippen molar-refractivity contribution in [2.75, 3.05) is 6.61 Å². The number of alkyl carbamates (subject to hydrolysis) is 1. The predicted octanol–water partition coefficient (Wildman–Crippen LogP) is 3.48. The molecule has 0 spiro atoms. The van der Waals surface area contributed by atoms with Crippen LogP contribution < -0.4 is 10.6 Å². The fourth-order valence-corrected chi connectivity index (χ4v) is 2.68. The zero-order valence-electron chi connectivity index (χ0n) is 20.5. The van der Waals surface area contributed by atoms with Gasteiger partial charge in [-0.3, -0.25) is 9.59 Å². The van der Waals surface area contributed by atoms with Crippen LogP contribution in [0.15, 0.2) is 42.5 Å². The average molecular weight is 463 g/mol. The number of aliphatic hydroxyl groups excluding tert-OH is 1. The number of carbonyl (C=O) groups is 3. The number of nitrogens with one attached hydrogen (secondary N) is 2. The van der Waals surface area contributed by atoms with Crippen molar-refractivity contribution < 1.29 is 29.0 Å². The molecule has 33 heavy (non-hydrogen) atoms. The summed E-state index contributed by atoms with van der Waals surface area (Å²) in [6.07, 6.45) is 2.85. The number of allylic oxidation sites excluding steroid dienone is 1. The van der Waals surface area contributed by atoms with Crippen molar-refractivity contribution >= 4 is 18.0 Å². The number of ether oxygens (including phenoxy) is 2. The molecule has 1 aromatic carbocycles. The third-order valence-corrected chi connectivity index (χ3v) is 4.59. The van der Waals surface area contributed by atoms with Crippen LogP contribution >= 0.6 is 0 Å². The second kappa shape index (κ2) is 13.0. The van der Waals surface area contributed by atoms with Gasteiger partial charge in [0.15, 0.2) is 0 Å². The molecule has 0 aromatic heterocycles. The van der Waals surface area contributed by atoms with E-state index in [9.17, 15) is 19.5 Å². The molecule has 0 fully saturated rings. The number of hydrogen-bond acceptors (Lipinski definition) is 6. The maximum Gasteiger partial charge on any atom is 0.408 e. The normalized spacial score (nSPS) is 13.8. The summed E-state index contributed by atoms with van der Waals surface area (Å²) in [5, 5.41) is 14.9. The summed E-state index contributed by atoms with van der Waals surface area (Å²) in [5.74, 6) is -0.851. The standard InChI is InChI=1S/C25H38N2O6/c1-24(2,3)20(16-28)27-22(30)19(26-23(31)33-25(4,5)6)14-10-11-15-21(29)32-17-18-12-8-7-9-13-18/h7-10,12-14,19-20,28H,11,15-17H2,1-6H3,(H,26,31)(H,27,30)/t19-,20+/m0/s1. The molecule has 1 rings (SSSR count). The molecule has 0 heterocycles. The summed E-state index contributed by atoms with van der Waals surface area (Å²) >= 11 is 0. The van der Waals surface area contributed by atoms with Gasteiger partial charge in [-0.25, -0.2) is 4.79 Å². The Morgan fingerprint density at radius 1 is 1.03 bits per heavy atom. The molecule has 0 radical (unpaired) electrons. The first-order valence-corrected chi connectivity index (χ1v) is 11.1. The number of amides is 2. The van der Waals surface area contributed by atoms with Gasteiger partial charge in [0.05, 0.1) is 12.6 Å². The first-order chi connectivity index (χ1) is 15.3. The highest BCUT2D eigenvalue weighted by Gasteiger charge is 2.29. The Bertz CT molecular complexity index is 793. The van der Waals surface area contributed by atoms with Gasteiger partial charge in [0.25, 0.3) is 0 Å². The van der Waals surface area contributed by atoms with Crippen LogP contribution in [0.1, 0.15) is 59.9 Å². The van der Waals surface area contributed by atoms with E-state index >= 15 is 0 Å². The summed E-state index contributed by atoms with van der Waals surface area (Å²) in [6, 6.07) is 7.83. The molecule has 1 aromatic rings. The van der Waals surface area contributed by atoms with E-state index in [0.717, 1.165) is 5.56 Å². The van der Waals surface area contributed by atoms with Gasteiger partial charge in [0, 0.05) is 6.42 Å². The fourth-order valence-electron chi connectivity index (χ4n) is 2.68. The van der Waals surface area contributed by atoms with Gasteiger partial charge in [0.1, 0.15) is 18.2 Å². The molecule has 8 heteroatoms. The molecular weight excluding hydrogens is 424 g/mol. The quantitative estimate of drug-likeness (QED) is 0.362. The first-order valence-electron chi connectivity index (χ1n) is 11.1. The van der Waals surface area contributed by atoms with E-state index in [2.05, 4.69) is 10.6 Å². The molecule has 8 nitrogen and oxygen atoms in total. The van der Waals surface area contributed by atoms with E-state index in [-0.39, 0.29) is 31.0 Å². The van der Waals surface area contributed by atoms with Gasteiger partial charge >= 0.3 is 12.1 Å². The number of hydrogen-bond donors (Lipinski definition) is 3. The number of benzene rings is 1. The zero-order chi connectivity index (χ0) is 25.1. The topological polar surface area (TPSA) is 114 Å². The smallest absolute Gasteiger partial charge is 0.408 e. The molecule has 0 aliphatic rings. The Labute approximate surface area is 196 Å². The van der Waals surface area contributed by atoms with Crippen molar-refractivity contribution in [3.8, 4) is 0 Å². The molecule has 0 saturated heterocycles. The van der Waals surface area contributed by atoms with Crippen LogP contribution in [-0.4, -0.2) is 47.4 Å². The predicted molar refractivity (Wildman–Crippen MR) is 126 cm³/mol. The van der Waals surface area contributed by atoms with Crippen molar-refractivity contribution in [1.82, 2.24) is 10.6 Å². The molecule has 2 amide bonds. The van der Waals surface area contributed by atoms with Crippen LogP contribution in [0.5, 0.6) is 0 Å². The Morgan fingerprint density at radius 3 is 2.21 bits per heavy atom. The van der Waals surface area contributed by atoms with E-state index in [0.29, 0.717) is 6.42 Å². The highest BCUT2D eigenvalue weighted by molar-refractivity contribution is 5.87. The highest BCUT2D eigenvalue weighted by atomic mass is 16.6. The van der Waals surface area contributed by atoms with Crippen molar-refractivity contribution in [3.63, 3.8) is 0 Å². The molecule has 0 bridgehead atoms. The minimum absolute atomic E-state index is 0.130.